The smallest absolute Gasteiger partial charge is 0.337 e. The Morgan fingerprint density at radius 1 is 1.10 bits per heavy atom. The number of phenols is 1. The van der Waals surface area contributed by atoms with Crippen LogP contribution in [0.4, 0.5) is 5.69 Å². The first-order valence-corrected chi connectivity index (χ1v) is 7.08. The average molecular weight is 397 g/mol. The van der Waals surface area contributed by atoms with Crippen molar-refractivity contribution in [3.63, 3.8) is 0 Å². The Morgan fingerprint density at radius 2 is 1.76 bits per heavy atom. The van der Waals surface area contributed by atoms with Gasteiger partial charge in [0.25, 0.3) is 5.91 Å². The monoisotopic (exact) mass is 397 g/mol. The summed E-state index contributed by atoms with van der Waals surface area (Å²) in [6.07, 6.45) is 0. The zero-order valence-electron chi connectivity index (χ0n) is 11.1. The number of carbonyl (C=O) groups excluding carboxylic acids is 1. The number of aromatic hydroxyl groups is 1. The molecule has 5 nitrogen and oxygen atoms in total. The van der Waals surface area contributed by atoms with Gasteiger partial charge in [0.2, 0.25) is 0 Å². The summed E-state index contributed by atoms with van der Waals surface area (Å²) in [7, 11) is 1.48. The molecule has 0 aliphatic rings. The summed E-state index contributed by atoms with van der Waals surface area (Å²) in [4.78, 5) is 24.9. The fourth-order valence-corrected chi connectivity index (χ4v) is 2.41. The minimum atomic E-state index is -1.11. The quantitative estimate of drug-likeness (QED) is 0.781. The standard InChI is InChI=1S/C15H12INO4/c1-17(12-5-3-2-4-10(12)15(20)21)14(19)11-8-9(16)6-7-13(11)18/h2-8,18H,1H3,(H,20,21). The molecular weight excluding hydrogens is 385 g/mol. The highest BCUT2D eigenvalue weighted by atomic mass is 127. The fourth-order valence-electron chi connectivity index (χ4n) is 1.92. The van der Waals surface area contributed by atoms with Crippen LogP contribution in [-0.2, 0) is 0 Å². The van der Waals surface area contributed by atoms with E-state index >= 15 is 0 Å². The number of amides is 1. The number of carbonyl (C=O) groups is 2. The molecule has 0 radical (unpaired) electrons. The van der Waals surface area contributed by atoms with Gasteiger partial charge in [-0.2, -0.15) is 0 Å². The van der Waals surface area contributed by atoms with Crippen molar-refractivity contribution in [2.75, 3.05) is 11.9 Å². The van der Waals surface area contributed by atoms with Crippen molar-refractivity contribution in [3.05, 3.63) is 57.2 Å². The van der Waals surface area contributed by atoms with Gasteiger partial charge in [-0.3, -0.25) is 4.79 Å². The van der Waals surface area contributed by atoms with Crippen LogP contribution in [0, 0.1) is 3.57 Å². The highest BCUT2D eigenvalue weighted by molar-refractivity contribution is 14.1. The topological polar surface area (TPSA) is 77.8 Å². The average Bonchev–Trinajstić information content (AvgIpc) is 2.48. The van der Waals surface area contributed by atoms with Gasteiger partial charge in [-0.15, -0.1) is 0 Å². The molecule has 0 fully saturated rings. The van der Waals surface area contributed by atoms with Crippen molar-refractivity contribution in [2.45, 2.75) is 0 Å². The first-order valence-electron chi connectivity index (χ1n) is 6.00. The van der Waals surface area contributed by atoms with Crippen LogP contribution in [0.15, 0.2) is 42.5 Å². The molecule has 0 spiro atoms. The molecule has 0 atom stereocenters. The predicted molar refractivity (Wildman–Crippen MR) is 87.0 cm³/mol. The highest BCUT2D eigenvalue weighted by Gasteiger charge is 2.21. The van der Waals surface area contributed by atoms with E-state index in [2.05, 4.69) is 0 Å². The molecule has 0 saturated carbocycles. The molecule has 108 valence electrons. The molecular formula is C15H12INO4. The van der Waals surface area contributed by atoms with Crippen LogP contribution in [0.5, 0.6) is 5.75 Å². The van der Waals surface area contributed by atoms with Gasteiger partial charge in [-0.25, -0.2) is 4.79 Å². The summed E-state index contributed by atoms with van der Waals surface area (Å²) >= 11 is 2.03. The number of anilines is 1. The second-order valence-corrected chi connectivity index (χ2v) is 5.59. The van der Waals surface area contributed by atoms with E-state index in [1.165, 1.54) is 24.1 Å². The maximum Gasteiger partial charge on any atom is 0.337 e. The van der Waals surface area contributed by atoms with Crippen molar-refractivity contribution >= 4 is 40.2 Å². The molecule has 0 bridgehead atoms. The summed E-state index contributed by atoms with van der Waals surface area (Å²) in [5.41, 5.74) is 0.427. The molecule has 21 heavy (non-hydrogen) atoms. The lowest BCUT2D eigenvalue weighted by Crippen LogP contribution is -2.28. The summed E-state index contributed by atoms with van der Waals surface area (Å²) in [6, 6.07) is 10.9. The Hall–Kier alpha value is -2.09. The number of hydrogen-bond donors (Lipinski definition) is 2. The number of para-hydroxylation sites is 1. The second-order valence-electron chi connectivity index (χ2n) is 4.35. The number of benzene rings is 2. The number of aromatic carboxylic acids is 1. The fraction of sp³-hybridized carbons (Fsp3) is 0.0667. The van der Waals surface area contributed by atoms with Crippen molar-refractivity contribution in [3.8, 4) is 5.75 Å². The summed E-state index contributed by atoms with van der Waals surface area (Å²) in [5.74, 6) is -1.73. The van der Waals surface area contributed by atoms with Crippen LogP contribution < -0.4 is 4.90 Å². The molecule has 1 amide bonds. The first kappa shape index (κ1) is 15.3. The summed E-state index contributed by atoms with van der Waals surface area (Å²) < 4.78 is 0.800. The van der Waals surface area contributed by atoms with Gasteiger partial charge in [-0.1, -0.05) is 12.1 Å². The lowest BCUT2D eigenvalue weighted by Gasteiger charge is -2.20. The van der Waals surface area contributed by atoms with E-state index in [4.69, 9.17) is 0 Å². The molecule has 2 rings (SSSR count). The van der Waals surface area contributed by atoms with Gasteiger partial charge >= 0.3 is 5.97 Å². The Bertz CT molecular complexity index is 715. The van der Waals surface area contributed by atoms with Crippen LogP contribution in [0.3, 0.4) is 0 Å². The van der Waals surface area contributed by atoms with E-state index in [0.717, 1.165) is 3.57 Å². The third-order valence-corrected chi connectivity index (χ3v) is 3.66. The normalized spacial score (nSPS) is 10.2. The zero-order chi connectivity index (χ0) is 15.6. The van der Waals surface area contributed by atoms with Gasteiger partial charge in [-0.05, 0) is 52.9 Å². The number of rotatable bonds is 3. The molecule has 0 heterocycles. The lowest BCUT2D eigenvalue weighted by atomic mass is 10.1. The largest absolute Gasteiger partial charge is 0.507 e. The van der Waals surface area contributed by atoms with Crippen LogP contribution in [0.2, 0.25) is 0 Å². The number of halogens is 1. The molecule has 0 saturated heterocycles. The first-order chi connectivity index (χ1) is 9.91. The van der Waals surface area contributed by atoms with Crippen LogP contribution >= 0.6 is 22.6 Å². The SMILES string of the molecule is CN(C(=O)c1cc(I)ccc1O)c1ccccc1C(=O)O. The van der Waals surface area contributed by atoms with E-state index in [9.17, 15) is 19.8 Å². The number of phenolic OH excluding ortho intramolecular Hbond substituents is 1. The number of nitrogens with zero attached hydrogens (tertiary/aromatic N) is 1. The molecule has 2 aromatic rings. The van der Waals surface area contributed by atoms with Crippen molar-refractivity contribution in [1.29, 1.82) is 0 Å². The lowest BCUT2D eigenvalue weighted by molar-refractivity contribution is 0.0697. The highest BCUT2D eigenvalue weighted by Crippen LogP contribution is 2.25. The molecule has 0 aromatic heterocycles. The number of carboxylic acids is 1. The summed E-state index contributed by atoms with van der Waals surface area (Å²) in [6.45, 7) is 0. The minimum absolute atomic E-state index is 0.0264. The van der Waals surface area contributed by atoms with Crippen molar-refractivity contribution in [2.24, 2.45) is 0 Å². The van der Waals surface area contributed by atoms with E-state index < -0.39 is 11.9 Å². The van der Waals surface area contributed by atoms with E-state index in [-0.39, 0.29) is 22.6 Å². The molecule has 2 N–H and O–H groups in total. The van der Waals surface area contributed by atoms with Crippen LogP contribution in [0.25, 0.3) is 0 Å². The van der Waals surface area contributed by atoms with E-state index in [1.807, 2.05) is 22.6 Å². The maximum absolute atomic E-state index is 12.5. The van der Waals surface area contributed by atoms with E-state index in [1.54, 1.807) is 30.3 Å². The third kappa shape index (κ3) is 3.15. The Kier molecular flexibility index (Phi) is 4.46. The van der Waals surface area contributed by atoms with Gasteiger partial charge in [0.05, 0.1) is 16.8 Å². The number of carboxylic acid groups (broad SMARTS) is 1. The summed E-state index contributed by atoms with van der Waals surface area (Å²) in [5, 5.41) is 19.0. The molecule has 6 heteroatoms. The van der Waals surface area contributed by atoms with Gasteiger partial charge in [0.15, 0.2) is 0 Å². The molecule has 0 aliphatic carbocycles. The van der Waals surface area contributed by atoms with Crippen LogP contribution in [0.1, 0.15) is 20.7 Å². The van der Waals surface area contributed by atoms with Gasteiger partial charge in [0, 0.05) is 10.6 Å². The van der Waals surface area contributed by atoms with Crippen LogP contribution in [-0.4, -0.2) is 29.1 Å². The van der Waals surface area contributed by atoms with E-state index in [0.29, 0.717) is 0 Å². The molecule has 2 aromatic carbocycles. The van der Waals surface area contributed by atoms with Crippen molar-refractivity contribution < 1.29 is 19.8 Å². The Labute approximate surface area is 135 Å². The van der Waals surface area contributed by atoms with Crippen molar-refractivity contribution in [1.82, 2.24) is 0 Å². The zero-order valence-corrected chi connectivity index (χ0v) is 13.2. The van der Waals surface area contributed by atoms with Gasteiger partial charge < -0.3 is 15.1 Å². The maximum atomic E-state index is 12.5. The predicted octanol–water partition coefficient (Wildman–Crippen LogP) is 2.97. The minimum Gasteiger partial charge on any atom is -0.507 e. The molecule has 0 aliphatic heterocycles. The Balaban J connectivity index is 2.45. The third-order valence-electron chi connectivity index (χ3n) is 2.99. The molecule has 0 unspecified atom stereocenters. The number of hydrogen-bond acceptors (Lipinski definition) is 3. The Morgan fingerprint density at radius 3 is 2.43 bits per heavy atom. The second kappa shape index (κ2) is 6.13. The van der Waals surface area contributed by atoms with Gasteiger partial charge in [0.1, 0.15) is 5.75 Å².